The van der Waals surface area contributed by atoms with Crippen molar-refractivity contribution in [2.75, 3.05) is 12.3 Å². The highest BCUT2D eigenvalue weighted by molar-refractivity contribution is 5.94. The molecule has 0 spiro atoms. The summed E-state index contributed by atoms with van der Waals surface area (Å²) in [5, 5.41) is 11.4. The normalized spacial score (nSPS) is 12.1. The maximum atomic E-state index is 11.6. The third kappa shape index (κ3) is 2.74. The number of aromatic nitrogens is 1. The van der Waals surface area contributed by atoms with Crippen LogP contribution >= 0.6 is 0 Å². The van der Waals surface area contributed by atoms with Crippen LogP contribution in [-0.2, 0) is 11.8 Å². The summed E-state index contributed by atoms with van der Waals surface area (Å²) in [4.78, 5) is 22.1. The molecule has 0 aliphatic rings. The van der Waals surface area contributed by atoms with Crippen LogP contribution in [0.2, 0.25) is 0 Å². The van der Waals surface area contributed by atoms with Crippen LogP contribution in [0.5, 0.6) is 0 Å². The number of rotatable bonds is 4. The monoisotopic (exact) mass is 226 g/mol. The van der Waals surface area contributed by atoms with Crippen LogP contribution in [0, 0.1) is 0 Å². The number of primary amides is 1. The van der Waals surface area contributed by atoms with Crippen molar-refractivity contribution in [1.29, 1.82) is 0 Å². The molecule has 88 valence electrons. The number of aryl methyl sites for hydroxylation is 1. The van der Waals surface area contributed by atoms with E-state index >= 15 is 0 Å². The second kappa shape index (κ2) is 4.67. The molecule has 1 unspecified atom stereocenters. The minimum Gasteiger partial charge on any atom is -0.397 e. The third-order valence-corrected chi connectivity index (χ3v) is 2.04. The van der Waals surface area contributed by atoms with Crippen molar-refractivity contribution in [3.63, 3.8) is 0 Å². The molecule has 7 heteroatoms. The number of aliphatic hydroxyl groups is 1. The average molecular weight is 226 g/mol. The van der Waals surface area contributed by atoms with Crippen molar-refractivity contribution in [3.05, 3.63) is 18.0 Å². The van der Waals surface area contributed by atoms with Gasteiger partial charge in [0.15, 0.2) is 0 Å². The van der Waals surface area contributed by atoms with E-state index in [0.29, 0.717) is 11.4 Å². The van der Waals surface area contributed by atoms with Gasteiger partial charge in [-0.2, -0.15) is 0 Å². The number of nitrogens with zero attached hydrogens (tertiary/aromatic N) is 1. The maximum Gasteiger partial charge on any atom is 0.268 e. The zero-order valence-corrected chi connectivity index (χ0v) is 8.80. The summed E-state index contributed by atoms with van der Waals surface area (Å²) < 4.78 is 1.54. The van der Waals surface area contributed by atoms with E-state index in [0.717, 1.165) is 0 Å². The third-order valence-electron chi connectivity index (χ3n) is 2.04. The Morgan fingerprint density at radius 1 is 1.62 bits per heavy atom. The molecule has 1 aromatic heterocycles. The molecule has 0 fully saturated rings. The van der Waals surface area contributed by atoms with Gasteiger partial charge in [-0.25, -0.2) is 0 Å². The van der Waals surface area contributed by atoms with Crippen LogP contribution in [-0.4, -0.2) is 34.1 Å². The quantitative estimate of drug-likeness (QED) is 0.482. The van der Waals surface area contributed by atoms with Crippen LogP contribution < -0.4 is 16.8 Å². The lowest BCUT2D eigenvalue weighted by atomic mass is 10.3. The smallest absolute Gasteiger partial charge is 0.268 e. The van der Waals surface area contributed by atoms with Crippen molar-refractivity contribution in [1.82, 2.24) is 9.88 Å². The molecule has 0 aliphatic carbocycles. The Kier molecular flexibility index (Phi) is 3.51. The molecule has 1 aromatic rings. The van der Waals surface area contributed by atoms with E-state index < -0.39 is 17.9 Å². The van der Waals surface area contributed by atoms with Crippen molar-refractivity contribution < 1.29 is 14.7 Å². The van der Waals surface area contributed by atoms with Gasteiger partial charge in [0.2, 0.25) is 5.91 Å². The lowest BCUT2D eigenvalue weighted by Gasteiger charge is -2.08. The molecular weight excluding hydrogens is 212 g/mol. The van der Waals surface area contributed by atoms with E-state index in [-0.39, 0.29) is 6.54 Å². The van der Waals surface area contributed by atoms with Gasteiger partial charge in [-0.1, -0.05) is 0 Å². The van der Waals surface area contributed by atoms with E-state index in [1.807, 2.05) is 0 Å². The number of anilines is 1. The summed E-state index contributed by atoms with van der Waals surface area (Å²) in [7, 11) is 1.66. The van der Waals surface area contributed by atoms with E-state index in [1.54, 1.807) is 17.8 Å². The highest BCUT2D eigenvalue weighted by Gasteiger charge is 2.15. The Bertz CT molecular complexity index is 413. The Balaban J connectivity index is 2.60. The standard InChI is InChI=1S/C9H14N4O3/c1-13-4-5(10)2-6(13)9(16)12-3-7(14)8(11)15/h2,4,7,14H,3,10H2,1H3,(H2,11,15)(H,12,16). The molecule has 6 N–H and O–H groups in total. The molecule has 0 saturated heterocycles. The van der Waals surface area contributed by atoms with E-state index in [1.165, 1.54) is 6.07 Å². The van der Waals surface area contributed by atoms with Crippen molar-refractivity contribution >= 4 is 17.5 Å². The largest absolute Gasteiger partial charge is 0.397 e. The topological polar surface area (TPSA) is 123 Å². The van der Waals surface area contributed by atoms with Gasteiger partial charge < -0.3 is 26.5 Å². The fraction of sp³-hybridized carbons (Fsp3) is 0.333. The number of hydrogen-bond acceptors (Lipinski definition) is 4. The first-order valence-corrected chi connectivity index (χ1v) is 4.59. The second-order valence-corrected chi connectivity index (χ2v) is 3.40. The highest BCUT2D eigenvalue weighted by atomic mass is 16.3. The number of nitrogens with one attached hydrogen (secondary N) is 1. The summed E-state index contributed by atoms with van der Waals surface area (Å²) in [5.74, 6) is -1.31. The van der Waals surface area contributed by atoms with Gasteiger partial charge in [-0.05, 0) is 6.07 Å². The molecule has 0 radical (unpaired) electrons. The van der Waals surface area contributed by atoms with E-state index in [2.05, 4.69) is 5.32 Å². The molecule has 0 saturated carbocycles. The second-order valence-electron chi connectivity index (χ2n) is 3.40. The number of nitrogen functional groups attached to an aromatic ring is 1. The lowest BCUT2D eigenvalue weighted by molar-refractivity contribution is -0.125. The highest BCUT2D eigenvalue weighted by Crippen LogP contribution is 2.08. The molecule has 0 aromatic carbocycles. The Morgan fingerprint density at radius 2 is 2.25 bits per heavy atom. The Hall–Kier alpha value is -2.02. The fourth-order valence-corrected chi connectivity index (χ4v) is 1.20. The van der Waals surface area contributed by atoms with Crippen LogP contribution in [0.25, 0.3) is 0 Å². The summed E-state index contributed by atoms with van der Waals surface area (Å²) in [6, 6.07) is 1.49. The number of aliphatic hydroxyl groups excluding tert-OH is 1. The molecular formula is C9H14N4O3. The predicted molar refractivity (Wildman–Crippen MR) is 57.4 cm³/mol. The van der Waals surface area contributed by atoms with Gasteiger partial charge in [0.05, 0.1) is 12.2 Å². The van der Waals surface area contributed by atoms with Gasteiger partial charge in [-0.15, -0.1) is 0 Å². The number of carbonyl (C=O) groups excluding carboxylic acids is 2. The number of carbonyl (C=O) groups is 2. The van der Waals surface area contributed by atoms with Crippen molar-refractivity contribution in [2.24, 2.45) is 12.8 Å². The molecule has 1 atom stereocenters. The minimum absolute atomic E-state index is 0.223. The first-order chi connectivity index (χ1) is 7.41. The predicted octanol–water partition coefficient (Wildman–Crippen LogP) is -1.82. The van der Waals surface area contributed by atoms with Crippen LogP contribution in [0.1, 0.15) is 10.5 Å². The summed E-state index contributed by atoms with van der Waals surface area (Å²) in [5.41, 5.74) is 11.1. The number of hydrogen-bond donors (Lipinski definition) is 4. The molecule has 16 heavy (non-hydrogen) atoms. The number of amides is 2. The van der Waals surface area contributed by atoms with Gasteiger partial charge in [0.1, 0.15) is 11.8 Å². The zero-order chi connectivity index (χ0) is 12.3. The summed E-state index contributed by atoms with van der Waals surface area (Å²) in [6.07, 6.45) is 0.195. The molecule has 2 amide bonds. The fourth-order valence-electron chi connectivity index (χ4n) is 1.20. The first-order valence-electron chi connectivity index (χ1n) is 4.59. The zero-order valence-electron chi connectivity index (χ0n) is 8.80. The molecule has 7 nitrogen and oxygen atoms in total. The summed E-state index contributed by atoms with van der Waals surface area (Å²) >= 11 is 0. The number of nitrogens with two attached hydrogens (primary N) is 2. The Labute approximate surface area is 92.0 Å². The van der Waals surface area contributed by atoms with Crippen LogP contribution in [0.4, 0.5) is 5.69 Å². The van der Waals surface area contributed by atoms with Crippen LogP contribution in [0.3, 0.4) is 0 Å². The van der Waals surface area contributed by atoms with Gasteiger partial charge in [0, 0.05) is 13.2 Å². The Morgan fingerprint density at radius 3 is 2.69 bits per heavy atom. The SMILES string of the molecule is Cn1cc(N)cc1C(=O)NCC(O)C(N)=O. The van der Waals surface area contributed by atoms with Crippen LogP contribution in [0.15, 0.2) is 12.3 Å². The summed E-state index contributed by atoms with van der Waals surface area (Å²) in [6.45, 7) is -0.223. The van der Waals surface area contributed by atoms with Gasteiger partial charge in [0.25, 0.3) is 5.91 Å². The van der Waals surface area contributed by atoms with E-state index in [9.17, 15) is 9.59 Å². The average Bonchev–Trinajstić information content (AvgIpc) is 2.53. The first kappa shape index (κ1) is 12.1. The van der Waals surface area contributed by atoms with Crippen molar-refractivity contribution in [3.8, 4) is 0 Å². The van der Waals surface area contributed by atoms with Crippen molar-refractivity contribution in [2.45, 2.75) is 6.10 Å². The van der Waals surface area contributed by atoms with Gasteiger partial charge >= 0.3 is 0 Å². The minimum atomic E-state index is -1.39. The molecule has 1 rings (SSSR count). The molecule has 1 heterocycles. The molecule has 0 aliphatic heterocycles. The molecule has 0 bridgehead atoms. The maximum absolute atomic E-state index is 11.6. The van der Waals surface area contributed by atoms with E-state index in [4.69, 9.17) is 16.6 Å². The lowest BCUT2D eigenvalue weighted by Crippen LogP contribution is -2.40. The van der Waals surface area contributed by atoms with Gasteiger partial charge in [-0.3, -0.25) is 9.59 Å².